The molecule has 0 radical (unpaired) electrons. The van der Waals surface area contributed by atoms with Crippen LogP contribution in [0.1, 0.15) is 27.5 Å². The largest absolute Gasteiger partial charge is 0.497 e. The van der Waals surface area contributed by atoms with Gasteiger partial charge in [-0.1, -0.05) is 42.5 Å². The summed E-state index contributed by atoms with van der Waals surface area (Å²) in [6.07, 6.45) is 0. The first-order valence-corrected chi connectivity index (χ1v) is 13.0. The molecule has 1 heterocycles. The highest BCUT2D eigenvalue weighted by atomic mass is 19.1. The number of carbonyl (C=O) groups excluding carboxylic acids is 4. The molecule has 1 aliphatic heterocycles. The minimum absolute atomic E-state index is 0.0914. The Balaban J connectivity index is 1.56. The van der Waals surface area contributed by atoms with Crippen LogP contribution in [0.25, 0.3) is 0 Å². The molecule has 4 aromatic carbocycles. The number of rotatable bonds is 9. The first-order valence-electron chi connectivity index (χ1n) is 13.0. The fourth-order valence-corrected chi connectivity index (χ4v) is 4.80. The third-order valence-corrected chi connectivity index (χ3v) is 6.87. The number of ketones is 1. The van der Waals surface area contributed by atoms with Crippen molar-refractivity contribution in [1.29, 1.82) is 0 Å². The molecule has 0 saturated heterocycles. The van der Waals surface area contributed by atoms with E-state index in [9.17, 15) is 28.0 Å². The van der Waals surface area contributed by atoms with Gasteiger partial charge in [-0.3, -0.25) is 24.1 Å². The molecule has 1 N–H and O–H groups in total. The van der Waals surface area contributed by atoms with E-state index in [1.54, 1.807) is 42.5 Å². The van der Waals surface area contributed by atoms with Crippen molar-refractivity contribution in [2.24, 2.45) is 0 Å². The average Bonchev–Trinajstić information content (AvgIpc) is 3.23. The lowest BCUT2D eigenvalue weighted by molar-refractivity contribution is -0.139. The first-order chi connectivity index (χ1) is 20.3. The van der Waals surface area contributed by atoms with Gasteiger partial charge in [0.2, 0.25) is 5.91 Å². The van der Waals surface area contributed by atoms with Gasteiger partial charge in [0, 0.05) is 17.8 Å². The number of amides is 3. The number of Topliss-reactive ketones (excluding diaryl/α,β-unsaturated/α-hetero) is 1. The highest BCUT2D eigenvalue weighted by Gasteiger charge is 2.39. The van der Waals surface area contributed by atoms with E-state index >= 15 is 0 Å². The van der Waals surface area contributed by atoms with Crippen LogP contribution in [0.2, 0.25) is 0 Å². The lowest BCUT2D eigenvalue weighted by atomic mass is 10.0. The van der Waals surface area contributed by atoms with E-state index in [0.717, 1.165) is 15.9 Å². The average molecular weight is 570 g/mol. The molecule has 0 bridgehead atoms. The summed E-state index contributed by atoms with van der Waals surface area (Å²) in [5, 5.41) is 2.73. The van der Waals surface area contributed by atoms with Crippen molar-refractivity contribution < 1.29 is 32.7 Å². The van der Waals surface area contributed by atoms with Crippen LogP contribution in [0.3, 0.4) is 0 Å². The maximum atomic E-state index is 14.9. The summed E-state index contributed by atoms with van der Waals surface area (Å²) in [5.41, 5.74) is 0.977. The van der Waals surface area contributed by atoms with Crippen LogP contribution < -0.4 is 15.0 Å². The molecule has 212 valence electrons. The van der Waals surface area contributed by atoms with E-state index in [0.29, 0.717) is 11.4 Å². The molecular weight excluding hydrogens is 544 g/mol. The Labute approximate surface area is 240 Å². The Bertz CT molecular complexity index is 1680. The van der Waals surface area contributed by atoms with Gasteiger partial charge >= 0.3 is 0 Å². The number of methoxy groups -OCH3 is 1. The zero-order valence-electron chi connectivity index (χ0n) is 22.4. The molecule has 4 aromatic rings. The highest BCUT2D eigenvalue weighted by molar-refractivity contribution is 6.52. The summed E-state index contributed by atoms with van der Waals surface area (Å²) in [6, 6.07) is 22.1. The second-order valence-corrected chi connectivity index (χ2v) is 9.53. The SMILES string of the molecule is COc1ccc(NC(=O)C(c2cccc(F)c2)N(Cc2ccccc2F)C(=O)CN2C(=O)C(=O)c3ccccc32)cc1. The lowest BCUT2D eigenvalue weighted by Gasteiger charge is -2.33. The molecule has 0 fully saturated rings. The Morgan fingerprint density at radius 2 is 1.62 bits per heavy atom. The summed E-state index contributed by atoms with van der Waals surface area (Å²) in [5.74, 6) is -3.87. The minimum atomic E-state index is -1.45. The van der Waals surface area contributed by atoms with Gasteiger partial charge in [0.25, 0.3) is 17.6 Å². The number of carbonyl (C=O) groups is 4. The van der Waals surface area contributed by atoms with Crippen LogP contribution >= 0.6 is 0 Å². The smallest absolute Gasteiger partial charge is 0.299 e. The number of benzene rings is 4. The second kappa shape index (κ2) is 12.0. The molecule has 1 atom stereocenters. The zero-order chi connectivity index (χ0) is 29.8. The van der Waals surface area contributed by atoms with E-state index in [-0.39, 0.29) is 28.9 Å². The van der Waals surface area contributed by atoms with Gasteiger partial charge in [0.15, 0.2) is 0 Å². The molecular formula is C32H25F2N3O5. The zero-order valence-corrected chi connectivity index (χ0v) is 22.4. The summed E-state index contributed by atoms with van der Waals surface area (Å²) >= 11 is 0. The fourth-order valence-electron chi connectivity index (χ4n) is 4.80. The number of anilines is 2. The predicted molar refractivity (Wildman–Crippen MR) is 151 cm³/mol. The summed E-state index contributed by atoms with van der Waals surface area (Å²) in [6.45, 7) is -1.00. The van der Waals surface area contributed by atoms with Crippen molar-refractivity contribution in [3.8, 4) is 5.75 Å². The number of halogens is 2. The van der Waals surface area contributed by atoms with Crippen molar-refractivity contribution in [3.05, 3.63) is 125 Å². The molecule has 0 aromatic heterocycles. The number of hydrogen-bond donors (Lipinski definition) is 1. The maximum absolute atomic E-state index is 14.9. The van der Waals surface area contributed by atoms with Gasteiger partial charge in [-0.15, -0.1) is 0 Å². The van der Waals surface area contributed by atoms with Crippen molar-refractivity contribution in [1.82, 2.24) is 4.90 Å². The van der Waals surface area contributed by atoms with Crippen molar-refractivity contribution in [2.75, 3.05) is 23.9 Å². The molecule has 10 heteroatoms. The first kappa shape index (κ1) is 28.2. The van der Waals surface area contributed by atoms with Crippen molar-refractivity contribution in [2.45, 2.75) is 12.6 Å². The van der Waals surface area contributed by atoms with Gasteiger partial charge in [-0.2, -0.15) is 0 Å². The molecule has 5 rings (SSSR count). The van der Waals surface area contributed by atoms with Crippen LogP contribution in [0, 0.1) is 11.6 Å². The molecule has 42 heavy (non-hydrogen) atoms. The van der Waals surface area contributed by atoms with Crippen LogP contribution in [0.15, 0.2) is 97.1 Å². The van der Waals surface area contributed by atoms with Crippen molar-refractivity contribution >= 4 is 34.9 Å². The Morgan fingerprint density at radius 1 is 0.905 bits per heavy atom. The standard InChI is InChI=1S/C32H25F2N3O5/c1-42-24-15-13-23(14-16-24)35-31(40)29(20-8-6-9-22(33)17-20)37(18-21-7-2-4-11-26(21)34)28(38)19-36-27-12-5-3-10-25(27)30(39)32(36)41/h2-17,29H,18-19H2,1H3,(H,35,40). The number of nitrogens with one attached hydrogen (secondary N) is 1. The Kier molecular flexibility index (Phi) is 8.05. The summed E-state index contributed by atoms with van der Waals surface area (Å²) in [7, 11) is 1.50. The molecule has 0 spiro atoms. The van der Waals surface area contributed by atoms with Gasteiger partial charge in [0.05, 0.1) is 18.4 Å². The van der Waals surface area contributed by atoms with Crippen LogP contribution in [-0.4, -0.2) is 42.1 Å². The third kappa shape index (κ3) is 5.73. The quantitative estimate of drug-likeness (QED) is 0.289. The molecule has 3 amide bonds. The normalized spacial score (nSPS) is 13.0. The van der Waals surface area contributed by atoms with E-state index in [1.807, 2.05) is 0 Å². The van der Waals surface area contributed by atoms with Crippen LogP contribution in [0.4, 0.5) is 20.2 Å². The topological polar surface area (TPSA) is 96.0 Å². The number of hydrogen-bond acceptors (Lipinski definition) is 5. The van der Waals surface area contributed by atoms with Gasteiger partial charge in [0.1, 0.15) is 30.0 Å². The third-order valence-electron chi connectivity index (χ3n) is 6.87. The Morgan fingerprint density at radius 3 is 2.33 bits per heavy atom. The summed E-state index contributed by atoms with van der Waals surface area (Å²) in [4.78, 5) is 55.4. The molecule has 8 nitrogen and oxygen atoms in total. The Hall–Kier alpha value is -5.38. The van der Waals surface area contributed by atoms with Crippen LogP contribution in [-0.2, 0) is 20.9 Å². The van der Waals surface area contributed by atoms with E-state index < -0.39 is 47.7 Å². The second-order valence-electron chi connectivity index (χ2n) is 9.53. The van der Waals surface area contributed by atoms with Crippen LogP contribution in [0.5, 0.6) is 5.75 Å². The lowest BCUT2D eigenvalue weighted by Crippen LogP contribution is -2.46. The van der Waals surface area contributed by atoms with Crippen molar-refractivity contribution in [3.63, 3.8) is 0 Å². The van der Waals surface area contributed by atoms with Gasteiger partial charge in [-0.05, 0) is 60.2 Å². The number of ether oxygens (including phenoxy) is 1. The maximum Gasteiger partial charge on any atom is 0.299 e. The minimum Gasteiger partial charge on any atom is -0.497 e. The highest BCUT2D eigenvalue weighted by Crippen LogP contribution is 2.31. The molecule has 1 unspecified atom stereocenters. The molecule has 1 aliphatic rings. The van der Waals surface area contributed by atoms with Gasteiger partial charge < -0.3 is 15.0 Å². The number of para-hydroxylation sites is 1. The molecule has 0 aliphatic carbocycles. The van der Waals surface area contributed by atoms with Gasteiger partial charge in [-0.25, -0.2) is 8.78 Å². The fraction of sp³-hybridized carbons (Fsp3) is 0.125. The van der Waals surface area contributed by atoms with E-state index in [1.165, 1.54) is 55.6 Å². The molecule has 0 saturated carbocycles. The predicted octanol–water partition coefficient (Wildman–Crippen LogP) is 4.91. The van der Waals surface area contributed by atoms with E-state index in [4.69, 9.17) is 4.74 Å². The summed E-state index contributed by atoms with van der Waals surface area (Å²) < 4.78 is 34.5. The number of fused-ring (bicyclic) bond motifs is 1. The monoisotopic (exact) mass is 569 g/mol. The van der Waals surface area contributed by atoms with E-state index in [2.05, 4.69) is 5.32 Å². The number of nitrogens with zero attached hydrogens (tertiary/aromatic N) is 2.